The molecule has 0 fully saturated rings. The first-order valence-corrected chi connectivity index (χ1v) is 6.20. The zero-order valence-corrected chi connectivity index (χ0v) is 9.26. The first-order chi connectivity index (χ1) is 7.45. The first-order valence-electron chi connectivity index (χ1n) is 5.26. The van der Waals surface area contributed by atoms with Crippen LogP contribution in [0.5, 0.6) is 0 Å². The fraction of sp³-hybridized carbons (Fsp3) is 0.231. The van der Waals surface area contributed by atoms with Crippen molar-refractivity contribution in [3.05, 3.63) is 57.8 Å². The van der Waals surface area contributed by atoms with E-state index < -0.39 is 0 Å². The van der Waals surface area contributed by atoms with Gasteiger partial charge in [-0.2, -0.15) is 11.3 Å². The van der Waals surface area contributed by atoms with Gasteiger partial charge in [-0.05, 0) is 33.5 Å². The fourth-order valence-corrected chi connectivity index (χ4v) is 2.98. The van der Waals surface area contributed by atoms with E-state index in [2.05, 4.69) is 46.4 Å². The molecule has 0 radical (unpaired) electrons. The number of nitrogens with one attached hydrogen (secondary N) is 1. The highest BCUT2D eigenvalue weighted by Crippen LogP contribution is 2.30. The lowest BCUT2D eigenvalue weighted by atomic mass is 9.87. The number of hydrogen-bond donors (Lipinski definition) is 1. The van der Waals surface area contributed by atoms with E-state index in [-0.39, 0.29) is 0 Å². The van der Waals surface area contributed by atoms with Crippen molar-refractivity contribution >= 4 is 11.3 Å². The third kappa shape index (κ3) is 1.60. The second kappa shape index (κ2) is 3.80. The highest BCUT2D eigenvalue weighted by Gasteiger charge is 2.20. The molecular formula is C13H13NS. The fourth-order valence-electron chi connectivity index (χ4n) is 2.27. The van der Waals surface area contributed by atoms with Gasteiger partial charge in [-0.1, -0.05) is 24.3 Å². The smallest absolute Gasteiger partial charge is 0.0226 e. The molecule has 2 heterocycles. The van der Waals surface area contributed by atoms with Crippen LogP contribution in [0.2, 0.25) is 0 Å². The number of fused-ring (bicyclic) bond motifs is 1. The highest BCUT2D eigenvalue weighted by molar-refractivity contribution is 7.08. The van der Waals surface area contributed by atoms with Gasteiger partial charge in [-0.3, -0.25) is 0 Å². The van der Waals surface area contributed by atoms with E-state index in [1.807, 2.05) is 0 Å². The van der Waals surface area contributed by atoms with Crippen LogP contribution in [0.3, 0.4) is 0 Å². The molecule has 76 valence electrons. The summed E-state index contributed by atoms with van der Waals surface area (Å²) in [4.78, 5) is 0. The van der Waals surface area contributed by atoms with E-state index >= 15 is 0 Å². The number of thiophene rings is 1. The van der Waals surface area contributed by atoms with Crippen molar-refractivity contribution in [1.82, 2.24) is 5.32 Å². The quantitative estimate of drug-likeness (QED) is 0.771. The Morgan fingerprint density at radius 2 is 2.13 bits per heavy atom. The summed E-state index contributed by atoms with van der Waals surface area (Å²) in [5, 5.41) is 7.90. The predicted octanol–water partition coefficient (Wildman–Crippen LogP) is 2.98. The maximum atomic E-state index is 3.48. The lowest BCUT2D eigenvalue weighted by Gasteiger charge is -2.25. The van der Waals surface area contributed by atoms with Crippen LogP contribution in [-0.4, -0.2) is 6.54 Å². The SMILES string of the molecule is c1ccc2c(c1)CNCC2c1ccsc1. The van der Waals surface area contributed by atoms with E-state index in [9.17, 15) is 0 Å². The Morgan fingerprint density at radius 1 is 1.20 bits per heavy atom. The summed E-state index contributed by atoms with van der Waals surface area (Å²) in [6.07, 6.45) is 0. The van der Waals surface area contributed by atoms with Crippen LogP contribution in [0.4, 0.5) is 0 Å². The molecule has 1 N–H and O–H groups in total. The molecule has 2 heteroatoms. The third-order valence-corrected chi connectivity index (χ3v) is 3.74. The molecular weight excluding hydrogens is 202 g/mol. The molecule has 1 aliphatic heterocycles. The molecule has 3 rings (SSSR count). The van der Waals surface area contributed by atoms with Crippen LogP contribution < -0.4 is 5.32 Å². The van der Waals surface area contributed by atoms with Crippen LogP contribution in [0.25, 0.3) is 0 Å². The standard InChI is InChI=1S/C13H13NS/c1-2-4-12-10(3-1)7-14-8-13(12)11-5-6-15-9-11/h1-6,9,13-14H,7-8H2. The van der Waals surface area contributed by atoms with Gasteiger partial charge >= 0.3 is 0 Å². The van der Waals surface area contributed by atoms with Crippen LogP contribution in [0.15, 0.2) is 41.1 Å². The molecule has 15 heavy (non-hydrogen) atoms. The van der Waals surface area contributed by atoms with Crippen molar-refractivity contribution < 1.29 is 0 Å². The largest absolute Gasteiger partial charge is 0.312 e. The molecule has 0 amide bonds. The molecule has 0 spiro atoms. The van der Waals surface area contributed by atoms with Crippen molar-refractivity contribution in [1.29, 1.82) is 0 Å². The minimum Gasteiger partial charge on any atom is -0.312 e. The molecule has 2 aromatic rings. The van der Waals surface area contributed by atoms with E-state index in [1.54, 1.807) is 11.3 Å². The summed E-state index contributed by atoms with van der Waals surface area (Å²) < 4.78 is 0. The van der Waals surface area contributed by atoms with E-state index in [1.165, 1.54) is 16.7 Å². The third-order valence-electron chi connectivity index (χ3n) is 3.04. The van der Waals surface area contributed by atoms with Gasteiger partial charge in [0.1, 0.15) is 0 Å². The Hall–Kier alpha value is -1.12. The normalized spacial score (nSPS) is 19.9. The molecule has 1 nitrogen and oxygen atoms in total. The van der Waals surface area contributed by atoms with Crippen LogP contribution in [0.1, 0.15) is 22.6 Å². The predicted molar refractivity (Wildman–Crippen MR) is 64.3 cm³/mol. The van der Waals surface area contributed by atoms with Gasteiger partial charge < -0.3 is 5.32 Å². The zero-order chi connectivity index (χ0) is 10.1. The Bertz CT molecular complexity index is 447. The molecule has 1 aromatic carbocycles. The average Bonchev–Trinajstić information content (AvgIpc) is 2.82. The molecule has 1 aliphatic rings. The Kier molecular flexibility index (Phi) is 2.31. The summed E-state index contributed by atoms with van der Waals surface area (Å²) in [7, 11) is 0. The molecule has 0 aliphatic carbocycles. The van der Waals surface area contributed by atoms with Gasteiger partial charge in [0.05, 0.1) is 0 Å². The summed E-state index contributed by atoms with van der Waals surface area (Å²) in [6, 6.07) is 11.0. The van der Waals surface area contributed by atoms with E-state index in [0.29, 0.717) is 5.92 Å². The van der Waals surface area contributed by atoms with Crippen LogP contribution in [0, 0.1) is 0 Å². The zero-order valence-electron chi connectivity index (χ0n) is 8.44. The van der Waals surface area contributed by atoms with Gasteiger partial charge in [0.25, 0.3) is 0 Å². The summed E-state index contributed by atoms with van der Waals surface area (Å²) in [5.41, 5.74) is 4.38. The van der Waals surface area contributed by atoms with Crippen molar-refractivity contribution in [3.8, 4) is 0 Å². The number of rotatable bonds is 1. The molecule has 1 unspecified atom stereocenters. The lowest BCUT2D eigenvalue weighted by Crippen LogP contribution is -2.28. The second-order valence-electron chi connectivity index (χ2n) is 3.94. The monoisotopic (exact) mass is 215 g/mol. The van der Waals surface area contributed by atoms with Crippen LogP contribution >= 0.6 is 11.3 Å². The van der Waals surface area contributed by atoms with Crippen molar-refractivity contribution in [2.24, 2.45) is 0 Å². The van der Waals surface area contributed by atoms with Gasteiger partial charge in [0.2, 0.25) is 0 Å². The Labute approximate surface area is 93.8 Å². The number of benzene rings is 1. The van der Waals surface area contributed by atoms with Gasteiger partial charge in [0.15, 0.2) is 0 Å². The molecule has 0 saturated heterocycles. The maximum Gasteiger partial charge on any atom is 0.0226 e. The molecule has 0 bridgehead atoms. The average molecular weight is 215 g/mol. The topological polar surface area (TPSA) is 12.0 Å². The van der Waals surface area contributed by atoms with Gasteiger partial charge in [0, 0.05) is 19.0 Å². The van der Waals surface area contributed by atoms with Gasteiger partial charge in [-0.15, -0.1) is 0 Å². The minimum atomic E-state index is 0.543. The summed E-state index contributed by atoms with van der Waals surface area (Å²) in [6.45, 7) is 2.07. The van der Waals surface area contributed by atoms with Crippen molar-refractivity contribution in [2.75, 3.05) is 6.54 Å². The second-order valence-corrected chi connectivity index (χ2v) is 4.72. The molecule has 0 saturated carbocycles. The summed E-state index contributed by atoms with van der Waals surface area (Å²) in [5.74, 6) is 0.543. The summed E-state index contributed by atoms with van der Waals surface area (Å²) >= 11 is 1.78. The Balaban J connectivity index is 2.06. The minimum absolute atomic E-state index is 0.543. The van der Waals surface area contributed by atoms with E-state index in [4.69, 9.17) is 0 Å². The van der Waals surface area contributed by atoms with Crippen molar-refractivity contribution in [2.45, 2.75) is 12.5 Å². The maximum absolute atomic E-state index is 3.48. The van der Waals surface area contributed by atoms with Crippen LogP contribution in [-0.2, 0) is 6.54 Å². The van der Waals surface area contributed by atoms with Crippen molar-refractivity contribution in [3.63, 3.8) is 0 Å². The number of hydrogen-bond acceptors (Lipinski definition) is 2. The molecule has 1 atom stereocenters. The lowest BCUT2D eigenvalue weighted by molar-refractivity contribution is 0.592. The Morgan fingerprint density at radius 3 is 3.00 bits per heavy atom. The molecule has 1 aromatic heterocycles. The van der Waals surface area contributed by atoms with Gasteiger partial charge in [-0.25, -0.2) is 0 Å². The highest BCUT2D eigenvalue weighted by atomic mass is 32.1. The first kappa shape index (κ1) is 9.13. The van der Waals surface area contributed by atoms with E-state index in [0.717, 1.165) is 13.1 Å².